The molecule has 2 rings (SSSR count). The molecule has 0 aliphatic carbocycles. The molecule has 0 spiro atoms. The van der Waals surface area contributed by atoms with Crippen LogP contribution in [0.25, 0.3) is 0 Å². The van der Waals surface area contributed by atoms with E-state index in [1.54, 1.807) is 0 Å². The predicted molar refractivity (Wildman–Crippen MR) is 64.2 cm³/mol. The second-order valence-electron chi connectivity index (χ2n) is 4.07. The average molecular weight is 300 g/mol. The molecule has 0 unspecified atom stereocenters. The fourth-order valence-electron chi connectivity index (χ4n) is 1.68. The van der Waals surface area contributed by atoms with Gasteiger partial charge in [0.25, 0.3) is 5.91 Å². The van der Waals surface area contributed by atoms with Gasteiger partial charge in [0, 0.05) is 12.7 Å². The maximum atomic E-state index is 13.6. The van der Waals surface area contributed by atoms with Gasteiger partial charge in [-0.15, -0.1) is 0 Å². The predicted octanol–water partition coefficient (Wildman–Crippen LogP) is 3.46. The first-order valence-corrected chi connectivity index (χ1v) is 5.61. The van der Waals surface area contributed by atoms with Crippen LogP contribution in [0, 0.1) is 35.2 Å². The molecular formula is C14H7F5NO. The summed E-state index contributed by atoms with van der Waals surface area (Å²) >= 11 is 0. The van der Waals surface area contributed by atoms with E-state index in [0.717, 1.165) is 11.9 Å². The van der Waals surface area contributed by atoms with E-state index in [-0.39, 0.29) is 5.69 Å². The van der Waals surface area contributed by atoms with Crippen LogP contribution in [0.2, 0.25) is 0 Å². The molecule has 7 heteroatoms. The highest BCUT2D eigenvalue weighted by Gasteiger charge is 2.31. The molecule has 1 radical (unpaired) electrons. The number of hydrogen-bond donors (Lipinski definition) is 0. The molecule has 0 aliphatic rings. The van der Waals surface area contributed by atoms with Crippen LogP contribution in [0.15, 0.2) is 24.3 Å². The van der Waals surface area contributed by atoms with E-state index in [4.69, 9.17) is 0 Å². The Bertz CT molecular complexity index is 673. The smallest absolute Gasteiger partial charge is 0.264 e. The summed E-state index contributed by atoms with van der Waals surface area (Å²) in [6.07, 6.45) is 0. The molecule has 0 saturated carbocycles. The normalized spacial score (nSPS) is 10.6. The van der Waals surface area contributed by atoms with E-state index < -0.39 is 40.6 Å². The van der Waals surface area contributed by atoms with Gasteiger partial charge in [0.1, 0.15) is 5.56 Å². The van der Waals surface area contributed by atoms with Crippen molar-refractivity contribution in [2.45, 2.75) is 0 Å². The first kappa shape index (κ1) is 15.0. The summed E-state index contributed by atoms with van der Waals surface area (Å²) in [7, 11) is 1.15. The van der Waals surface area contributed by atoms with Gasteiger partial charge < -0.3 is 4.90 Å². The average Bonchev–Trinajstić information content (AvgIpc) is 2.51. The summed E-state index contributed by atoms with van der Waals surface area (Å²) in [5, 5.41) is 0. The number of hydrogen-bond acceptors (Lipinski definition) is 1. The van der Waals surface area contributed by atoms with E-state index in [0.29, 0.717) is 0 Å². The first-order valence-electron chi connectivity index (χ1n) is 5.61. The number of rotatable bonds is 2. The third-order valence-corrected chi connectivity index (χ3v) is 2.82. The fraction of sp³-hybridized carbons (Fsp3) is 0.0714. The van der Waals surface area contributed by atoms with Crippen LogP contribution in [0.5, 0.6) is 0 Å². The summed E-state index contributed by atoms with van der Waals surface area (Å²) in [5.41, 5.74) is -1.29. The minimum Gasteiger partial charge on any atom is -0.311 e. The highest BCUT2D eigenvalue weighted by molar-refractivity contribution is 6.06. The lowest BCUT2D eigenvalue weighted by atomic mass is 10.1. The van der Waals surface area contributed by atoms with Gasteiger partial charge in [0.05, 0.1) is 0 Å². The number of anilines is 1. The van der Waals surface area contributed by atoms with Gasteiger partial charge in [0.2, 0.25) is 5.82 Å². The molecule has 0 aliphatic heterocycles. The largest absolute Gasteiger partial charge is 0.311 e. The fourth-order valence-corrected chi connectivity index (χ4v) is 1.68. The molecule has 2 aromatic rings. The minimum absolute atomic E-state index is 0.211. The second kappa shape index (κ2) is 5.51. The number of carbonyl (C=O) groups is 1. The Morgan fingerprint density at radius 3 is 1.81 bits per heavy atom. The van der Waals surface area contributed by atoms with Crippen LogP contribution in [0.3, 0.4) is 0 Å². The molecule has 21 heavy (non-hydrogen) atoms. The Morgan fingerprint density at radius 2 is 1.33 bits per heavy atom. The Balaban J connectivity index is 2.55. The van der Waals surface area contributed by atoms with Gasteiger partial charge in [-0.3, -0.25) is 4.79 Å². The number of halogens is 5. The van der Waals surface area contributed by atoms with Crippen molar-refractivity contribution < 1.29 is 26.7 Å². The van der Waals surface area contributed by atoms with Gasteiger partial charge in [0.15, 0.2) is 23.3 Å². The van der Waals surface area contributed by atoms with Crippen LogP contribution >= 0.6 is 0 Å². The molecule has 2 aromatic carbocycles. The molecule has 1 amide bonds. The van der Waals surface area contributed by atoms with Crippen LogP contribution < -0.4 is 4.90 Å². The molecule has 0 N–H and O–H groups in total. The van der Waals surface area contributed by atoms with Crippen LogP contribution in [0.1, 0.15) is 10.4 Å². The Labute approximate surface area is 116 Å². The summed E-state index contributed by atoms with van der Waals surface area (Å²) in [6, 6.07) is 8.30. The molecule has 0 heterocycles. The molecule has 0 bridgehead atoms. The maximum Gasteiger partial charge on any atom is 0.264 e. The lowest BCUT2D eigenvalue weighted by Crippen LogP contribution is -2.29. The lowest BCUT2D eigenvalue weighted by Gasteiger charge is -2.18. The van der Waals surface area contributed by atoms with Crippen molar-refractivity contribution in [1.29, 1.82) is 0 Å². The molecule has 2 nitrogen and oxygen atoms in total. The Morgan fingerprint density at radius 1 is 0.905 bits per heavy atom. The minimum atomic E-state index is -2.31. The number of benzene rings is 2. The van der Waals surface area contributed by atoms with Gasteiger partial charge in [-0.05, 0) is 18.2 Å². The van der Waals surface area contributed by atoms with Crippen molar-refractivity contribution in [2.75, 3.05) is 11.9 Å². The van der Waals surface area contributed by atoms with Gasteiger partial charge >= 0.3 is 0 Å². The van der Waals surface area contributed by atoms with Crippen molar-refractivity contribution in [3.63, 3.8) is 0 Å². The lowest BCUT2D eigenvalue weighted by molar-refractivity contribution is 0.0981. The quantitative estimate of drug-likeness (QED) is 0.472. The monoisotopic (exact) mass is 300 g/mol. The van der Waals surface area contributed by atoms with Gasteiger partial charge in [-0.1, -0.05) is 12.1 Å². The zero-order valence-corrected chi connectivity index (χ0v) is 10.6. The molecule has 0 atom stereocenters. The van der Waals surface area contributed by atoms with Crippen molar-refractivity contribution in [3.8, 4) is 0 Å². The topological polar surface area (TPSA) is 20.3 Å². The Kier molecular flexibility index (Phi) is 3.93. The molecule has 0 fully saturated rings. The summed E-state index contributed by atoms with van der Waals surface area (Å²) in [5.74, 6) is -12.3. The summed E-state index contributed by atoms with van der Waals surface area (Å²) in [4.78, 5) is 12.8. The SMILES string of the molecule is CN(C(=O)c1c(F)c(F)c(F)c(F)c1F)c1cc[c]cc1. The third kappa shape index (κ3) is 2.46. The Hall–Kier alpha value is -2.44. The summed E-state index contributed by atoms with van der Waals surface area (Å²) < 4.78 is 66.2. The van der Waals surface area contributed by atoms with Gasteiger partial charge in [-0.2, -0.15) is 0 Å². The zero-order valence-electron chi connectivity index (χ0n) is 10.6. The van der Waals surface area contributed by atoms with Gasteiger partial charge in [-0.25, -0.2) is 22.0 Å². The molecule has 109 valence electrons. The molecule has 0 aromatic heterocycles. The summed E-state index contributed by atoms with van der Waals surface area (Å²) in [6.45, 7) is 0. The first-order chi connectivity index (χ1) is 9.86. The van der Waals surface area contributed by atoms with E-state index in [9.17, 15) is 26.7 Å². The van der Waals surface area contributed by atoms with E-state index in [2.05, 4.69) is 6.07 Å². The highest BCUT2D eigenvalue weighted by Crippen LogP contribution is 2.25. The standard InChI is InChI=1S/C14H7F5NO/c1-20(7-5-3-2-4-6-7)14(21)8-9(15)11(17)13(19)12(18)10(8)16/h3-6H,1H3. The van der Waals surface area contributed by atoms with Crippen molar-refractivity contribution in [2.24, 2.45) is 0 Å². The van der Waals surface area contributed by atoms with E-state index >= 15 is 0 Å². The van der Waals surface area contributed by atoms with E-state index in [1.807, 2.05) is 0 Å². The van der Waals surface area contributed by atoms with Crippen LogP contribution in [0.4, 0.5) is 27.6 Å². The number of amides is 1. The van der Waals surface area contributed by atoms with E-state index in [1.165, 1.54) is 24.3 Å². The maximum absolute atomic E-state index is 13.6. The van der Waals surface area contributed by atoms with Crippen LogP contribution in [-0.4, -0.2) is 13.0 Å². The molecular weight excluding hydrogens is 293 g/mol. The second-order valence-corrected chi connectivity index (χ2v) is 4.07. The highest BCUT2D eigenvalue weighted by atomic mass is 19.2. The van der Waals surface area contributed by atoms with Crippen molar-refractivity contribution in [1.82, 2.24) is 0 Å². The van der Waals surface area contributed by atoms with Crippen molar-refractivity contribution >= 4 is 11.6 Å². The number of nitrogens with zero attached hydrogens (tertiary/aromatic N) is 1. The van der Waals surface area contributed by atoms with Crippen molar-refractivity contribution in [3.05, 3.63) is 65.0 Å². The third-order valence-electron chi connectivity index (χ3n) is 2.82. The zero-order chi connectivity index (χ0) is 15.7. The molecule has 0 saturated heterocycles. The number of carbonyl (C=O) groups excluding carboxylic acids is 1. The van der Waals surface area contributed by atoms with Crippen LogP contribution in [-0.2, 0) is 0 Å².